The van der Waals surface area contributed by atoms with Crippen LogP contribution in [0.1, 0.15) is 73.3 Å². The van der Waals surface area contributed by atoms with E-state index in [9.17, 15) is 14.4 Å². The molecule has 0 spiro atoms. The lowest BCUT2D eigenvalue weighted by molar-refractivity contribution is 0.0513. The van der Waals surface area contributed by atoms with Crippen LogP contribution in [0, 0.1) is 11.8 Å². The van der Waals surface area contributed by atoms with Gasteiger partial charge in [0, 0.05) is 68.9 Å². The van der Waals surface area contributed by atoms with E-state index in [0.29, 0.717) is 36.1 Å². The Balaban J connectivity index is 1.10. The number of amides is 3. The summed E-state index contributed by atoms with van der Waals surface area (Å²) in [5, 5.41) is 6.90. The Kier molecular flexibility index (Phi) is 7.02. The van der Waals surface area contributed by atoms with Crippen LogP contribution in [0.5, 0.6) is 0 Å². The van der Waals surface area contributed by atoms with E-state index in [4.69, 9.17) is 9.72 Å². The number of aromatic nitrogens is 4. The number of nitrogens with one attached hydrogen (secondary N) is 2. The van der Waals surface area contributed by atoms with Crippen molar-refractivity contribution in [2.24, 2.45) is 11.8 Å². The Morgan fingerprint density at radius 2 is 1.74 bits per heavy atom. The summed E-state index contributed by atoms with van der Waals surface area (Å²) in [6.45, 7) is 6.69. The fourth-order valence-electron chi connectivity index (χ4n) is 6.24. The van der Waals surface area contributed by atoms with E-state index in [0.717, 1.165) is 36.7 Å². The fourth-order valence-corrected chi connectivity index (χ4v) is 6.24. The third-order valence-electron chi connectivity index (χ3n) is 8.31. The molecule has 2 unspecified atom stereocenters. The molecule has 0 aromatic carbocycles. The van der Waals surface area contributed by atoms with Gasteiger partial charge in [0.25, 0.3) is 11.8 Å². The number of nitrogens with zero attached hydrogens (tertiary/aromatic N) is 6. The van der Waals surface area contributed by atoms with Crippen molar-refractivity contribution in [1.29, 1.82) is 0 Å². The SMILES string of the molecule is CN(C)C(=O)c1cc2cnc(Nc3ccc(C(=O)N4CC5C(C4)C5NC(=O)OC(C)(C)C)cn3)nc2n1C1CCCC1. The van der Waals surface area contributed by atoms with E-state index < -0.39 is 11.7 Å². The van der Waals surface area contributed by atoms with Crippen molar-refractivity contribution in [2.45, 2.75) is 64.1 Å². The van der Waals surface area contributed by atoms with Gasteiger partial charge in [0.1, 0.15) is 22.8 Å². The number of fused-ring (bicyclic) bond motifs is 2. The summed E-state index contributed by atoms with van der Waals surface area (Å²) in [4.78, 5) is 55.2. The van der Waals surface area contributed by atoms with Crippen molar-refractivity contribution in [3.63, 3.8) is 0 Å². The molecule has 4 heterocycles. The molecule has 0 bridgehead atoms. The molecule has 3 amide bonds. The molecule has 2 N–H and O–H groups in total. The molecule has 3 aromatic heterocycles. The third kappa shape index (κ3) is 5.49. The number of carbonyl (C=O) groups is 3. The van der Waals surface area contributed by atoms with Gasteiger partial charge < -0.3 is 29.7 Å². The Morgan fingerprint density at radius 3 is 2.36 bits per heavy atom. The normalized spacial score (nSPS) is 21.7. The quantitative estimate of drug-likeness (QED) is 0.452. The van der Waals surface area contributed by atoms with Crippen molar-refractivity contribution < 1.29 is 19.1 Å². The van der Waals surface area contributed by atoms with Gasteiger partial charge in [-0.2, -0.15) is 4.98 Å². The first-order chi connectivity index (χ1) is 20.0. The molecular weight excluding hydrogens is 536 g/mol. The van der Waals surface area contributed by atoms with Gasteiger partial charge in [-0.1, -0.05) is 12.8 Å². The molecule has 2 atom stereocenters. The Morgan fingerprint density at radius 1 is 1.02 bits per heavy atom. The predicted octanol–water partition coefficient (Wildman–Crippen LogP) is 3.98. The predicted molar refractivity (Wildman–Crippen MR) is 157 cm³/mol. The first-order valence-electron chi connectivity index (χ1n) is 14.6. The summed E-state index contributed by atoms with van der Waals surface area (Å²) < 4.78 is 7.42. The van der Waals surface area contributed by atoms with E-state index in [2.05, 4.69) is 25.2 Å². The molecule has 3 aliphatic rings. The van der Waals surface area contributed by atoms with Crippen LogP contribution in [0.25, 0.3) is 11.0 Å². The smallest absolute Gasteiger partial charge is 0.407 e. The average Bonchev–Trinajstić information content (AvgIpc) is 3.42. The van der Waals surface area contributed by atoms with Crippen molar-refractivity contribution in [3.05, 3.63) is 41.9 Å². The fraction of sp³-hybridized carbons (Fsp3) is 0.533. The van der Waals surface area contributed by atoms with E-state index in [1.807, 2.05) is 31.7 Å². The van der Waals surface area contributed by atoms with Gasteiger partial charge >= 0.3 is 6.09 Å². The zero-order valence-electron chi connectivity index (χ0n) is 24.8. The number of piperidine rings is 1. The minimum absolute atomic E-state index is 0.0535. The van der Waals surface area contributed by atoms with Crippen LogP contribution in [-0.4, -0.2) is 86.1 Å². The summed E-state index contributed by atoms with van der Waals surface area (Å²) in [5.74, 6) is 1.25. The van der Waals surface area contributed by atoms with Crippen LogP contribution >= 0.6 is 0 Å². The number of hydrogen-bond donors (Lipinski definition) is 2. The zero-order valence-corrected chi connectivity index (χ0v) is 24.8. The number of pyridine rings is 1. The number of alkyl carbamates (subject to hydrolysis) is 1. The maximum atomic E-state index is 13.1. The highest BCUT2D eigenvalue weighted by molar-refractivity contribution is 5.98. The second kappa shape index (κ2) is 10.6. The van der Waals surface area contributed by atoms with Crippen molar-refractivity contribution in [1.82, 2.24) is 34.6 Å². The lowest BCUT2D eigenvalue weighted by atomic mass is 10.2. The standard InChI is InChI=1S/C30H38N8O4/c1-30(2,3)42-29(41)34-24-20-15-37(16-21(20)24)26(39)17-10-11-23(31-13-17)33-28-32-14-18-12-22(27(40)36(4)5)38(25(18)35-28)19-8-6-7-9-19/h10-14,19-21,24H,6-9,15-16H2,1-5H3,(H,34,41)(H,31,32,33,35). The monoisotopic (exact) mass is 574 g/mol. The van der Waals surface area contributed by atoms with Gasteiger partial charge in [-0.25, -0.2) is 14.8 Å². The summed E-state index contributed by atoms with van der Waals surface area (Å²) in [6.07, 6.45) is 7.16. The number of ether oxygens (including phenoxy) is 1. The summed E-state index contributed by atoms with van der Waals surface area (Å²) in [7, 11) is 3.51. The van der Waals surface area contributed by atoms with Crippen LogP contribution < -0.4 is 10.6 Å². The molecule has 0 radical (unpaired) electrons. The molecule has 6 rings (SSSR count). The van der Waals surface area contributed by atoms with Gasteiger partial charge in [-0.15, -0.1) is 0 Å². The highest BCUT2D eigenvalue weighted by Gasteiger charge is 2.57. The maximum absolute atomic E-state index is 13.1. The first-order valence-corrected chi connectivity index (χ1v) is 14.6. The molecule has 2 aliphatic carbocycles. The molecule has 12 heteroatoms. The third-order valence-corrected chi connectivity index (χ3v) is 8.31. The maximum Gasteiger partial charge on any atom is 0.407 e. The average molecular weight is 575 g/mol. The van der Waals surface area contributed by atoms with Gasteiger partial charge in [-0.05, 0) is 51.8 Å². The van der Waals surface area contributed by atoms with E-state index in [-0.39, 0.29) is 35.7 Å². The Labute approximate surface area is 244 Å². The number of carbonyl (C=O) groups excluding carboxylic acids is 3. The van der Waals surface area contributed by atoms with E-state index in [1.165, 1.54) is 0 Å². The lowest BCUT2D eigenvalue weighted by Crippen LogP contribution is -2.39. The minimum Gasteiger partial charge on any atom is -0.444 e. The molecule has 3 aromatic rings. The van der Waals surface area contributed by atoms with Gasteiger partial charge in [-0.3, -0.25) is 9.59 Å². The molecule has 1 aliphatic heterocycles. The Hall–Kier alpha value is -4.22. The van der Waals surface area contributed by atoms with Gasteiger partial charge in [0.2, 0.25) is 5.95 Å². The zero-order chi connectivity index (χ0) is 29.8. The molecule has 12 nitrogen and oxygen atoms in total. The topological polar surface area (TPSA) is 135 Å². The molecule has 42 heavy (non-hydrogen) atoms. The van der Waals surface area contributed by atoms with E-state index >= 15 is 0 Å². The molecule has 3 fully saturated rings. The molecule has 2 saturated carbocycles. The summed E-state index contributed by atoms with van der Waals surface area (Å²) in [5.41, 5.74) is 1.31. The number of anilines is 2. The second-order valence-corrected chi connectivity index (χ2v) is 12.8. The minimum atomic E-state index is -0.542. The highest BCUT2D eigenvalue weighted by atomic mass is 16.6. The van der Waals surface area contributed by atoms with E-state index in [1.54, 1.807) is 43.5 Å². The van der Waals surface area contributed by atoms with Crippen LogP contribution in [0.4, 0.5) is 16.6 Å². The van der Waals surface area contributed by atoms with Crippen molar-refractivity contribution in [3.8, 4) is 0 Å². The molecular formula is C30H38N8O4. The lowest BCUT2D eigenvalue weighted by Gasteiger charge is -2.22. The van der Waals surface area contributed by atoms with Crippen LogP contribution in [0.15, 0.2) is 30.6 Å². The van der Waals surface area contributed by atoms with Gasteiger partial charge in [0.05, 0.1) is 5.56 Å². The van der Waals surface area contributed by atoms with Crippen LogP contribution in [0.2, 0.25) is 0 Å². The molecule has 1 saturated heterocycles. The summed E-state index contributed by atoms with van der Waals surface area (Å²) >= 11 is 0. The largest absolute Gasteiger partial charge is 0.444 e. The van der Waals surface area contributed by atoms with Crippen LogP contribution in [-0.2, 0) is 4.74 Å². The van der Waals surface area contributed by atoms with Crippen molar-refractivity contribution in [2.75, 3.05) is 32.5 Å². The highest BCUT2D eigenvalue weighted by Crippen LogP contribution is 2.46. The second-order valence-electron chi connectivity index (χ2n) is 12.8. The summed E-state index contributed by atoms with van der Waals surface area (Å²) in [6, 6.07) is 5.63. The number of hydrogen-bond acceptors (Lipinski definition) is 8. The number of likely N-dealkylation sites (tertiary alicyclic amines) is 1. The first kappa shape index (κ1) is 27.9. The Bertz CT molecular complexity index is 1510. The molecule has 222 valence electrons. The number of rotatable bonds is 6. The van der Waals surface area contributed by atoms with Crippen LogP contribution in [0.3, 0.4) is 0 Å². The van der Waals surface area contributed by atoms with Gasteiger partial charge in [0.15, 0.2) is 0 Å². The van der Waals surface area contributed by atoms with Crippen molar-refractivity contribution >= 4 is 40.7 Å².